The second kappa shape index (κ2) is 5.40. The van der Waals surface area contributed by atoms with Crippen LogP contribution >= 0.6 is 0 Å². The van der Waals surface area contributed by atoms with Crippen LogP contribution in [-0.2, 0) is 0 Å². The highest BCUT2D eigenvalue weighted by Gasteiger charge is 2.06. The van der Waals surface area contributed by atoms with E-state index in [4.69, 9.17) is 10.5 Å². The second-order valence-corrected chi connectivity index (χ2v) is 4.10. The van der Waals surface area contributed by atoms with Crippen molar-refractivity contribution in [1.82, 2.24) is 4.98 Å². The first-order chi connectivity index (χ1) is 8.70. The number of hydrogen-bond donors (Lipinski definition) is 2. The van der Waals surface area contributed by atoms with E-state index in [2.05, 4.69) is 17.2 Å². The maximum absolute atomic E-state index is 5.78. The van der Waals surface area contributed by atoms with Crippen LogP contribution in [0.2, 0.25) is 0 Å². The number of aromatic nitrogens is 1. The molecule has 0 saturated carbocycles. The van der Waals surface area contributed by atoms with E-state index in [1.165, 1.54) is 5.56 Å². The molecule has 0 aliphatic rings. The lowest BCUT2D eigenvalue weighted by atomic mass is 10.1. The van der Waals surface area contributed by atoms with Crippen LogP contribution in [-0.4, -0.2) is 12.1 Å². The predicted molar refractivity (Wildman–Crippen MR) is 73.7 cm³/mol. The molecule has 3 N–H and O–H groups in total. The molecule has 4 nitrogen and oxygen atoms in total. The Balaban J connectivity index is 2.14. The molecule has 0 bridgehead atoms. The number of benzene rings is 1. The van der Waals surface area contributed by atoms with Gasteiger partial charge in [-0.1, -0.05) is 0 Å². The molecule has 0 radical (unpaired) electrons. The Labute approximate surface area is 107 Å². The van der Waals surface area contributed by atoms with Crippen molar-refractivity contribution in [1.29, 1.82) is 0 Å². The first kappa shape index (κ1) is 12.2. The Morgan fingerprint density at radius 3 is 2.61 bits per heavy atom. The number of ether oxygens (including phenoxy) is 1. The van der Waals surface area contributed by atoms with Gasteiger partial charge in [0.05, 0.1) is 12.8 Å². The molecule has 18 heavy (non-hydrogen) atoms. The van der Waals surface area contributed by atoms with Gasteiger partial charge < -0.3 is 15.8 Å². The summed E-state index contributed by atoms with van der Waals surface area (Å²) in [6.07, 6.45) is 3.58. The smallest absolute Gasteiger partial charge is 0.143 e. The first-order valence-corrected chi connectivity index (χ1v) is 5.80. The minimum absolute atomic E-state index is 0.196. The zero-order valence-corrected chi connectivity index (χ0v) is 10.6. The summed E-state index contributed by atoms with van der Waals surface area (Å²) in [7, 11) is 1.61. The van der Waals surface area contributed by atoms with E-state index in [0.717, 1.165) is 5.69 Å². The van der Waals surface area contributed by atoms with E-state index in [0.29, 0.717) is 11.4 Å². The molecular weight excluding hydrogens is 226 g/mol. The zero-order chi connectivity index (χ0) is 13.0. The lowest BCUT2D eigenvalue weighted by Crippen LogP contribution is -2.07. The Hall–Kier alpha value is -2.23. The normalized spacial score (nSPS) is 11.9. The number of pyridine rings is 1. The number of nitrogens with two attached hydrogens (primary N) is 1. The number of nitrogens with one attached hydrogen (secondary N) is 1. The molecule has 1 aromatic heterocycles. The van der Waals surface area contributed by atoms with E-state index < -0.39 is 0 Å². The van der Waals surface area contributed by atoms with Crippen molar-refractivity contribution in [2.24, 2.45) is 0 Å². The van der Waals surface area contributed by atoms with Crippen molar-refractivity contribution in [2.75, 3.05) is 18.2 Å². The summed E-state index contributed by atoms with van der Waals surface area (Å²) < 4.78 is 5.20. The molecule has 4 heteroatoms. The largest absolute Gasteiger partial charge is 0.495 e. The van der Waals surface area contributed by atoms with Crippen molar-refractivity contribution in [3.63, 3.8) is 0 Å². The van der Waals surface area contributed by atoms with Gasteiger partial charge in [0.15, 0.2) is 0 Å². The van der Waals surface area contributed by atoms with Gasteiger partial charge >= 0.3 is 0 Å². The van der Waals surface area contributed by atoms with Crippen LogP contribution in [0.4, 0.5) is 11.4 Å². The van der Waals surface area contributed by atoms with Crippen molar-refractivity contribution in [3.05, 3.63) is 48.3 Å². The Morgan fingerprint density at radius 1 is 1.22 bits per heavy atom. The molecule has 0 fully saturated rings. The van der Waals surface area contributed by atoms with E-state index in [9.17, 15) is 0 Å². The molecule has 94 valence electrons. The molecule has 0 amide bonds. The molecular formula is C14H17N3O. The number of anilines is 2. The monoisotopic (exact) mass is 243 g/mol. The molecule has 1 aromatic carbocycles. The minimum atomic E-state index is 0.196. The summed E-state index contributed by atoms with van der Waals surface area (Å²) in [5.41, 5.74) is 8.58. The number of methoxy groups -OCH3 is 1. The fourth-order valence-corrected chi connectivity index (χ4v) is 1.79. The third-order valence-electron chi connectivity index (χ3n) is 2.82. The number of nitrogens with zero attached hydrogens (tertiary/aromatic N) is 1. The van der Waals surface area contributed by atoms with Gasteiger partial charge in [0.1, 0.15) is 5.75 Å². The van der Waals surface area contributed by atoms with Gasteiger partial charge in [0.25, 0.3) is 0 Å². The first-order valence-electron chi connectivity index (χ1n) is 5.80. The lowest BCUT2D eigenvalue weighted by Gasteiger charge is -2.16. The average molecular weight is 243 g/mol. The summed E-state index contributed by atoms with van der Waals surface area (Å²) in [5, 5.41) is 3.40. The van der Waals surface area contributed by atoms with E-state index in [1.807, 2.05) is 30.3 Å². The molecule has 1 unspecified atom stereocenters. The van der Waals surface area contributed by atoms with Crippen LogP contribution in [0.1, 0.15) is 18.5 Å². The molecule has 0 spiro atoms. The highest BCUT2D eigenvalue weighted by molar-refractivity contribution is 5.61. The highest BCUT2D eigenvalue weighted by atomic mass is 16.5. The van der Waals surface area contributed by atoms with Crippen LogP contribution in [0.3, 0.4) is 0 Å². The standard InChI is InChI=1S/C14H17N3O/c1-10(11-5-7-16-8-6-11)17-12-3-4-13(15)14(9-12)18-2/h3-10,17H,15H2,1-2H3. The van der Waals surface area contributed by atoms with Crippen molar-refractivity contribution < 1.29 is 4.74 Å². The van der Waals surface area contributed by atoms with Gasteiger partial charge in [-0.15, -0.1) is 0 Å². The van der Waals surface area contributed by atoms with Crippen LogP contribution in [0.25, 0.3) is 0 Å². The Morgan fingerprint density at radius 2 is 1.94 bits per heavy atom. The molecule has 0 aliphatic heterocycles. The van der Waals surface area contributed by atoms with Crippen molar-refractivity contribution in [2.45, 2.75) is 13.0 Å². The zero-order valence-electron chi connectivity index (χ0n) is 10.6. The summed E-state index contributed by atoms with van der Waals surface area (Å²) in [5.74, 6) is 0.682. The fourth-order valence-electron chi connectivity index (χ4n) is 1.79. The lowest BCUT2D eigenvalue weighted by molar-refractivity contribution is 0.417. The molecule has 2 rings (SSSR count). The molecule has 1 atom stereocenters. The fraction of sp³-hybridized carbons (Fsp3) is 0.214. The molecule has 2 aromatic rings. The maximum Gasteiger partial charge on any atom is 0.143 e. The van der Waals surface area contributed by atoms with Crippen LogP contribution in [0.15, 0.2) is 42.7 Å². The van der Waals surface area contributed by atoms with Gasteiger partial charge in [-0.2, -0.15) is 0 Å². The van der Waals surface area contributed by atoms with Gasteiger partial charge in [-0.3, -0.25) is 4.98 Å². The molecule has 1 heterocycles. The summed E-state index contributed by atoms with van der Waals surface area (Å²) >= 11 is 0. The van der Waals surface area contributed by atoms with Crippen molar-refractivity contribution in [3.8, 4) is 5.75 Å². The van der Waals surface area contributed by atoms with E-state index in [-0.39, 0.29) is 6.04 Å². The molecule has 0 aliphatic carbocycles. The average Bonchev–Trinajstić information content (AvgIpc) is 2.42. The summed E-state index contributed by atoms with van der Waals surface area (Å²) in [6, 6.07) is 9.85. The number of rotatable bonds is 4. The second-order valence-electron chi connectivity index (χ2n) is 4.10. The Kier molecular flexibility index (Phi) is 3.67. The number of nitrogen functional groups attached to an aromatic ring is 1. The topological polar surface area (TPSA) is 60.2 Å². The van der Waals surface area contributed by atoms with Crippen LogP contribution < -0.4 is 15.8 Å². The summed E-state index contributed by atoms with van der Waals surface area (Å²) in [4.78, 5) is 4.01. The third kappa shape index (κ3) is 2.71. The van der Waals surface area contributed by atoms with Gasteiger partial charge in [-0.05, 0) is 36.8 Å². The predicted octanol–water partition coefficient (Wildman–Crippen LogP) is 2.85. The Bertz CT molecular complexity index is 514. The van der Waals surface area contributed by atoms with Gasteiger partial charge in [0, 0.05) is 30.2 Å². The minimum Gasteiger partial charge on any atom is -0.495 e. The van der Waals surface area contributed by atoms with E-state index in [1.54, 1.807) is 19.5 Å². The summed E-state index contributed by atoms with van der Waals surface area (Å²) in [6.45, 7) is 2.10. The van der Waals surface area contributed by atoms with Gasteiger partial charge in [-0.25, -0.2) is 0 Å². The molecule has 0 saturated heterocycles. The van der Waals surface area contributed by atoms with Crippen LogP contribution in [0, 0.1) is 0 Å². The van der Waals surface area contributed by atoms with Crippen LogP contribution in [0.5, 0.6) is 5.75 Å². The third-order valence-corrected chi connectivity index (χ3v) is 2.82. The highest BCUT2D eigenvalue weighted by Crippen LogP contribution is 2.27. The van der Waals surface area contributed by atoms with Crippen molar-refractivity contribution >= 4 is 11.4 Å². The maximum atomic E-state index is 5.78. The van der Waals surface area contributed by atoms with E-state index >= 15 is 0 Å². The van der Waals surface area contributed by atoms with Gasteiger partial charge in [0.2, 0.25) is 0 Å². The quantitative estimate of drug-likeness (QED) is 0.811. The SMILES string of the molecule is COc1cc(NC(C)c2ccncc2)ccc1N. The number of hydrogen-bond acceptors (Lipinski definition) is 4.